The van der Waals surface area contributed by atoms with E-state index in [0.717, 1.165) is 12.4 Å². The third kappa shape index (κ3) is 0.842. The molecule has 2 nitrogen and oxygen atoms in total. The van der Waals surface area contributed by atoms with Crippen LogP contribution in [0.2, 0.25) is 5.22 Å². The van der Waals surface area contributed by atoms with E-state index >= 15 is 0 Å². The highest BCUT2D eigenvalue weighted by molar-refractivity contribution is 6.28. The molecule has 1 saturated heterocycles. The van der Waals surface area contributed by atoms with Gasteiger partial charge in [0.05, 0.1) is 6.61 Å². The molecule has 2 rings (SSSR count). The van der Waals surface area contributed by atoms with Gasteiger partial charge in [-0.25, -0.2) is 0 Å². The number of halogens is 1. The molecule has 1 fully saturated rings. The van der Waals surface area contributed by atoms with Crippen LogP contribution >= 0.6 is 11.6 Å². The van der Waals surface area contributed by atoms with Gasteiger partial charge in [0.1, 0.15) is 11.4 Å². The largest absolute Gasteiger partial charge is 0.447 e. The SMILES string of the molecule is CC1(c2ccc(Cl)o2)CO1. The van der Waals surface area contributed by atoms with Gasteiger partial charge in [-0.3, -0.25) is 0 Å². The molecule has 1 unspecified atom stereocenters. The van der Waals surface area contributed by atoms with Crippen molar-refractivity contribution in [2.75, 3.05) is 6.61 Å². The predicted molar refractivity (Wildman–Crippen MR) is 37.0 cm³/mol. The number of hydrogen-bond acceptors (Lipinski definition) is 2. The van der Waals surface area contributed by atoms with Crippen LogP contribution in [0.5, 0.6) is 0 Å². The Morgan fingerprint density at radius 1 is 1.60 bits per heavy atom. The minimum absolute atomic E-state index is 0.187. The van der Waals surface area contributed by atoms with Crippen molar-refractivity contribution in [1.29, 1.82) is 0 Å². The molecule has 0 radical (unpaired) electrons. The average Bonchev–Trinajstić information content (AvgIpc) is 2.45. The summed E-state index contributed by atoms with van der Waals surface area (Å²) in [6.45, 7) is 2.71. The van der Waals surface area contributed by atoms with E-state index in [9.17, 15) is 0 Å². The Bertz CT molecular complexity index is 250. The Labute approximate surface area is 63.7 Å². The van der Waals surface area contributed by atoms with E-state index in [0.29, 0.717) is 5.22 Å². The van der Waals surface area contributed by atoms with Crippen LogP contribution in [-0.2, 0) is 10.3 Å². The lowest BCUT2D eigenvalue weighted by Crippen LogP contribution is -1.98. The van der Waals surface area contributed by atoms with Gasteiger partial charge in [0.15, 0.2) is 5.22 Å². The maximum Gasteiger partial charge on any atom is 0.193 e. The minimum atomic E-state index is -0.187. The van der Waals surface area contributed by atoms with Crippen LogP contribution in [0.4, 0.5) is 0 Å². The summed E-state index contributed by atoms with van der Waals surface area (Å²) in [4.78, 5) is 0. The maximum atomic E-state index is 5.57. The zero-order valence-corrected chi connectivity index (χ0v) is 6.31. The van der Waals surface area contributed by atoms with E-state index in [2.05, 4.69) is 0 Å². The molecule has 1 aliphatic rings. The first-order valence-electron chi connectivity index (χ1n) is 3.10. The van der Waals surface area contributed by atoms with E-state index in [1.54, 1.807) is 6.07 Å². The first kappa shape index (κ1) is 6.25. The summed E-state index contributed by atoms with van der Waals surface area (Å²) < 4.78 is 10.3. The van der Waals surface area contributed by atoms with Crippen LogP contribution in [0, 0.1) is 0 Å². The molecule has 0 spiro atoms. The van der Waals surface area contributed by atoms with Gasteiger partial charge in [-0.1, -0.05) is 0 Å². The van der Waals surface area contributed by atoms with Gasteiger partial charge in [-0.2, -0.15) is 0 Å². The fourth-order valence-corrected chi connectivity index (χ4v) is 0.995. The molecule has 0 bridgehead atoms. The van der Waals surface area contributed by atoms with Crippen molar-refractivity contribution in [2.24, 2.45) is 0 Å². The van der Waals surface area contributed by atoms with Gasteiger partial charge < -0.3 is 9.15 Å². The summed E-state index contributed by atoms with van der Waals surface area (Å²) in [5, 5.41) is 0.423. The summed E-state index contributed by atoms with van der Waals surface area (Å²) in [5.41, 5.74) is -0.187. The van der Waals surface area contributed by atoms with Crippen molar-refractivity contribution >= 4 is 11.6 Å². The highest BCUT2D eigenvalue weighted by Crippen LogP contribution is 2.39. The normalized spacial score (nSPS) is 30.6. The molecule has 1 atom stereocenters. The highest BCUT2D eigenvalue weighted by atomic mass is 35.5. The minimum Gasteiger partial charge on any atom is -0.447 e. The summed E-state index contributed by atoms with van der Waals surface area (Å²) in [6.07, 6.45) is 0. The van der Waals surface area contributed by atoms with E-state index in [4.69, 9.17) is 20.8 Å². The predicted octanol–water partition coefficient (Wildman–Crippen LogP) is 2.18. The van der Waals surface area contributed by atoms with Gasteiger partial charge >= 0.3 is 0 Å². The molecule has 0 N–H and O–H groups in total. The van der Waals surface area contributed by atoms with Crippen LogP contribution in [-0.4, -0.2) is 6.61 Å². The van der Waals surface area contributed by atoms with Gasteiger partial charge in [0.2, 0.25) is 0 Å². The Balaban J connectivity index is 2.34. The lowest BCUT2D eigenvalue weighted by atomic mass is 10.1. The van der Waals surface area contributed by atoms with Gasteiger partial charge in [0.25, 0.3) is 0 Å². The Morgan fingerprint density at radius 2 is 2.30 bits per heavy atom. The second-order valence-corrected chi connectivity index (χ2v) is 3.00. The molecule has 0 amide bonds. The van der Waals surface area contributed by atoms with Crippen molar-refractivity contribution in [1.82, 2.24) is 0 Å². The summed E-state index contributed by atoms with van der Waals surface area (Å²) >= 11 is 5.57. The smallest absolute Gasteiger partial charge is 0.193 e. The van der Waals surface area contributed by atoms with Gasteiger partial charge in [-0.05, 0) is 30.7 Å². The molecular formula is C7H7ClO2. The quantitative estimate of drug-likeness (QED) is 0.586. The van der Waals surface area contributed by atoms with Crippen molar-refractivity contribution in [3.8, 4) is 0 Å². The molecule has 10 heavy (non-hydrogen) atoms. The topological polar surface area (TPSA) is 25.7 Å². The first-order valence-corrected chi connectivity index (χ1v) is 3.48. The van der Waals surface area contributed by atoms with Crippen LogP contribution in [0.3, 0.4) is 0 Å². The van der Waals surface area contributed by atoms with Crippen molar-refractivity contribution in [2.45, 2.75) is 12.5 Å². The first-order chi connectivity index (χ1) is 4.71. The molecule has 1 aliphatic heterocycles. The molecule has 54 valence electrons. The fraction of sp³-hybridized carbons (Fsp3) is 0.429. The highest BCUT2D eigenvalue weighted by Gasteiger charge is 2.44. The molecule has 0 aromatic carbocycles. The average molecular weight is 159 g/mol. The number of hydrogen-bond donors (Lipinski definition) is 0. The third-order valence-corrected chi connectivity index (χ3v) is 1.87. The van der Waals surface area contributed by atoms with Crippen molar-refractivity contribution < 1.29 is 9.15 Å². The lowest BCUT2D eigenvalue weighted by molar-refractivity contribution is 0.285. The van der Waals surface area contributed by atoms with Crippen LogP contribution in [0.15, 0.2) is 16.5 Å². The van der Waals surface area contributed by atoms with E-state index in [1.165, 1.54) is 0 Å². The Kier molecular flexibility index (Phi) is 1.11. The molecule has 0 saturated carbocycles. The molecule has 3 heteroatoms. The summed E-state index contributed by atoms with van der Waals surface area (Å²) in [7, 11) is 0. The monoisotopic (exact) mass is 158 g/mol. The fourth-order valence-electron chi connectivity index (χ4n) is 0.849. The molecular weight excluding hydrogens is 152 g/mol. The molecule has 0 aliphatic carbocycles. The van der Waals surface area contributed by atoms with Crippen LogP contribution in [0.1, 0.15) is 12.7 Å². The van der Waals surface area contributed by atoms with Crippen LogP contribution in [0.25, 0.3) is 0 Å². The molecule has 1 aromatic rings. The number of rotatable bonds is 1. The molecule has 1 aromatic heterocycles. The molecule has 2 heterocycles. The Hall–Kier alpha value is -0.470. The third-order valence-electron chi connectivity index (χ3n) is 1.67. The summed E-state index contributed by atoms with van der Waals surface area (Å²) in [5.74, 6) is 0.817. The van der Waals surface area contributed by atoms with Gasteiger partial charge in [0, 0.05) is 0 Å². The number of ether oxygens (including phenoxy) is 1. The van der Waals surface area contributed by atoms with Crippen LogP contribution < -0.4 is 0 Å². The zero-order valence-electron chi connectivity index (χ0n) is 5.56. The van der Waals surface area contributed by atoms with E-state index in [1.807, 2.05) is 13.0 Å². The standard InChI is InChI=1S/C7H7ClO2/c1-7(4-9-7)5-2-3-6(8)10-5/h2-3H,4H2,1H3. The zero-order chi connectivity index (χ0) is 7.19. The van der Waals surface area contributed by atoms with Gasteiger partial charge in [-0.15, -0.1) is 0 Å². The maximum absolute atomic E-state index is 5.57. The Morgan fingerprint density at radius 3 is 2.70 bits per heavy atom. The van der Waals surface area contributed by atoms with Crippen molar-refractivity contribution in [3.63, 3.8) is 0 Å². The second-order valence-electron chi connectivity index (χ2n) is 2.62. The second kappa shape index (κ2) is 1.77. The number of epoxide rings is 1. The van der Waals surface area contributed by atoms with E-state index < -0.39 is 0 Å². The van der Waals surface area contributed by atoms with E-state index in [-0.39, 0.29) is 5.60 Å². The van der Waals surface area contributed by atoms with Crippen molar-refractivity contribution in [3.05, 3.63) is 23.1 Å². The number of furan rings is 1. The lowest BCUT2D eigenvalue weighted by Gasteiger charge is -1.96. The summed E-state index contributed by atoms with van der Waals surface area (Å²) in [6, 6.07) is 3.57.